The quantitative estimate of drug-likeness (QED) is 0.575. The molecule has 31 heavy (non-hydrogen) atoms. The molecule has 0 aliphatic carbocycles. The van der Waals surface area contributed by atoms with E-state index in [0.717, 1.165) is 16.7 Å². The molecule has 0 atom stereocenters. The number of rotatable bonds is 8. The number of aryl methyl sites for hydroxylation is 2. The first-order valence-corrected chi connectivity index (χ1v) is 9.50. The van der Waals surface area contributed by atoms with E-state index in [1.54, 1.807) is 0 Å². The highest BCUT2D eigenvalue weighted by Crippen LogP contribution is 2.29. The van der Waals surface area contributed by atoms with E-state index in [-0.39, 0.29) is 42.5 Å². The summed E-state index contributed by atoms with van der Waals surface area (Å²) in [5, 5.41) is 9.05. The zero-order chi connectivity index (χ0) is 22.8. The Kier molecular flexibility index (Phi) is 6.39. The van der Waals surface area contributed by atoms with Crippen LogP contribution in [-0.4, -0.2) is 36.8 Å². The van der Waals surface area contributed by atoms with Gasteiger partial charge in [-0.1, -0.05) is 13.0 Å². The Labute approximate surface area is 173 Å². The van der Waals surface area contributed by atoms with Crippen LogP contribution in [0, 0.1) is 0 Å². The van der Waals surface area contributed by atoms with Crippen LogP contribution in [0.4, 0.5) is 13.2 Å². The third-order valence-corrected chi connectivity index (χ3v) is 4.43. The normalized spacial score (nSPS) is 11.8. The molecule has 2 heterocycles. The number of nitrogens with zero attached hydrogens (tertiary/aromatic N) is 4. The fourth-order valence-corrected chi connectivity index (χ4v) is 3.13. The number of hydrogen-bond acceptors (Lipinski definition) is 6. The second-order valence-corrected chi connectivity index (χ2v) is 6.72. The van der Waals surface area contributed by atoms with Crippen LogP contribution in [0.25, 0.3) is 11.2 Å². The molecule has 0 unspecified atom stereocenters. The standard InChI is InChI=1S/C19H21F3N4O5/c1-3-8-25-14-15(24(2)18(29)26(16(14)28)9-5-10-27)23-17(25)30-12-6-4-7-13(11-12)31-19(20,21)22/h4,6-7,11,27H,3,5,8-10H2,1-2H3. The highest BCUT2D eigenvalue weighted by atomic mass is 19.4. The Hall–Kier alpha value is -3.28. The summed E-state index contributed by atoms with van der Waals surface area (Å²) in [6, 6.07) is 4.85. The molecule has 0 aliphatic heterocycles. The van der Waals surface area contributed by atoms with E-state index in [0.29, 0.717) is 13.0 Å². The second kappa shape index (κ2) is 8.84. The molecule has 2 aromatic heterocycles. The number of benzene rings is 1. The van der Waals surface area contributed by atoms with Gasteiger partial charge >= 0.3 is 18.1 Å². The van der Waals surface area contributed by atoms with Crippen LogP contribution in [0.3, 0.4) is 0 Å². The lowest BCUT2D eigenvalue weighted by atomic mass is 10.3. The van der Waals surface area contributed by atoms with Crippen LogP contribution >= 0.6 is 0 Å². The molecule has 3 rings (SSSR count). The number of fused-ring (bicyclic) bond motifs is 1. The largest absolute Gasteiger partial charge is 0.573 e. The zero-order valence-corrected chi connectivity index (χ0v) is 16.8. The molecular formula is C19H21F3N4O5. The van der Waals surface area contributed by atoms with Gasteiger partial charge in [0.1, 0.15) is 11.5 Å². The van der Waals surface area contributed by atoms with E-state index in [2.05, 4.69) is 9.72 Å². The third-order valence-electron chi connectivity index (χ3n) is 4.43. The van der Waals surface area contributed by atoms with Gasteiger partial charge in [-0.25, -0.2) is 4.79 Å². The maximum Gasteiger partial charge on any atom is 0.573 e. The molecule has 168 valence electrons. The fraction of sp³-hybridized carbons (Fsp3) is 0.421. The lowest BCUT2D eigenvalue weighted by Crippen LogP contribution is -2.39. The summed E-state index contributed by atoms with van der Waals surface area (Å²) in [4.78, 5) is 29.8. The summed E-state index contributed by atoms with van der Waals surface area (Å²) in [5.74, 6) is -0.457. The Bertz CT molecular complexity index is 1200. The summed E-state index contributed by atoms with van der Waals surface area (Å²) < 4.78 is 50.7. The van der Waals surface area contributed by atoms with Gasteiger partial charge in [-0.2, -0.15) is 4.98 Å². The van der Waals surface area contributed by atoms with E-state index in [1.807, 2.05) is 6.92 Å². The van der Waals surface area contributed by atoms with Crippen LogP contribution in [-0.2, 0) is 20.1 Å². The smallest absolute Gasteiger partial charge is 0.425 e. The molecule has 3 aromatic rings. The van der Waals surface area contributed by atoms with Crippen molar-refractivity contribution in [2.75, 3.05) is 6.61 Å². The van der Waals surface area contributed by atoms with Crippen molar-refractivity contribution >= 4 is 11.2 Å². The van der Waals surface area contributed by atoms with Crippen molar-refractivity contribution in [1.29, 1.82) is 0 Å². The van der Waals surface area contributed by atoms with E-state index < -0.39 is 23.4 Å². The van der Waals surface area contributed by atoms with Crippen molar-refractivity contribution in [2.24, 2.45) is 7.05 Å². The molecule has 0 bridgehead atoms. The average molecular weight is 442 g/mol. The molecule has 0 aliphatic rings. The molecule has 0 radical (unpaired) electrons. The molecule has 12 heteroatoms. The molecule has 1 aromatic carbocycles. The highest BCUT2D eigenvalue weighted by molar-refractivity contribution is 5.72. The van der Waals surface area contributed by atoms with E-state index in [1.165, 1.54) is 28.3 Å². The Morgan fingerprint density at radius 2 is 1.84 bits per heavy atom. The molecule has 0 saturated carbocycles. The van der Waals surface area contributed by atoms with Gasteiger partial charge in [-0.3, -0.25) is 18.5 Å². The number of halogens is 3. The van der Waals surface area contributed by atoms with Crippen LogP contribution < -0.4 is 20.7 Å². The fourth-order valence-electron chi connectivity index (χ4n) is 3.13. The number of aliphatic hydroxyl groups is 1. The van der Waals surface area contributed by atoms with Crippen molar-refractivity contribution in [3.05, 3.63) is 45.1 Å². The SMILES string of the molecule is CCCn1c(Oc2cccc(OC(F)(F)F)c2)nc2c1c(=O)n(CCCO)c(=O)n2C. The minimum absolute atomic E-state index is 0.0139. The van der Waals surface area contributed by atoms with Crippen molar-refractivity contribution in [3.63, 3.8) is 0 Å². The predicted octanol–water partition coefficient (Wildman–Crippen LogP) is 2.38. The van der Waals surface area contributed by atoms with Gasteiger partial charge in [0.15, 0.2) is 11.2 Å². The number of alkyl halides is 3. The van der Waals surface area contributed by atoms with Crippen LogP contribution in [0.1, 0.15) is 19.8 Å². The highest BCUT2D eigenvalue weighted by Gasteiger charge is 2.31. The minimum Gasteiger partial charge on any atom is -0.425 e. The summed E-state index contributed by atoms with van der Waals surface area (Å²) in [6.07, 6.45) is -4.04. The Morgan fingerprint density at radius 1 is 1.13 bits per heavy atom. The molecule has 0 saturated heterocycles. The molecule has 9 nitrogen and oxygen atoms in total. The topological polar surface area (TPSA) is 101 Å². The van der Waals surface area contributed by atoms with E-state index in [9.17, 15) is 22.8 Å². The van der Waals surface area contributed by atoms with Crippen molar-refractivity contribution in [3.8, 4) is 17.5 Å². The number of hydrogen-bond donors (Lipinski definition) is 1. The van der Waals surface area contributed by atoms with Crippen molar-refractivity contribution < 1.29 is 27.8 Å². The lowest BCUT2D eigenvalue weighted by molar-refractivity contribution is -0.274. The van der Waals surface area contributed by atoms with Crippen LogP contribution in [0.5, 0.6) is 17.5 Å². The monoisotopic (exact) mass is 442 g/mol. The molecule has 0 amide bonds. The summed E-state index contributed by atoms with van der Waals surface area (Å²) in [5.41, 5.74) is -0.975. The Morgan fingerprint density at radius 3 is 2.48 bits per heavy atom. The van der Waals surface area contributed by atoms with Gasteiger partial charge < -0.3 is 14.6 Å². The van der Waals surface area contributed by atoms with E-state index in [4.69, 9.17) is 9.84 Å². The number of aliphatic hydroxyl groups excluding tert-OH is 1. The maximum atomic E-state index is 13.0. The molecule has 1 N–H and O–H groups in total. The van der Waals surface area contributed by atoms with Gasteiger partial charge in [0.2, 0.25) is 0 Å². The predicted molar refractivity (Wildman–Crippen MR) is 104 cm³/mol. The summed E-state index contributed by atoms with van der Waals surface area (Å²) in [7, 11) is 1.45. The van der Waals surface area contributed by atoms with Gasteiger partial charge in [-0.05, 0) is 25.0 Å². The summed E-state index contributed by atoms with van der Waals surface area (Å²) >= 11 is 0. The van der Waals surface area contributed by atoms with Crippen LogP contribution in [0.15, 0.2) is 33.9 Å². The first kappa shape index (κ1) is 22.4. The van der Waals surface area contributed by atoms with Crippen LogP contribution in [0.2, 0.25) is 0 Å². The average Bonchev–Trinajstić information content (AvgIpc) is 3.04. The Balaban J connectivity index is 2.11. The summed E-state index contributed by atoms with van der Waals surface area (Å²) in [6.45, 7) is 2.02. The van der Waals surface area contributed by atoms with Gasteiger partial charge in [0.25, 0.3) is 5.56 Å². The van der Waals surface area contributed by atoms with Gasteiger partial charge in [0, 0.05) is 32.8 Å². The van der Waals surface area contributed by atoms with Gasteiger partial charge in [-0.15, -0.1) is 13.2 Å². The van der Waals surface area contributed by atoms with E-state index >= 15 is 0 Å². The number of imidazole rings is 1. The molecule has 0 fully saturated rings. The zero-order valence-electron chi connectivity index (χ0n) is 16.8. The first-order chi connectivity index (χ1) is 14.7. The van der Waals surface area contributed by atoms with Gasteiger partial charge in [0.05, 0.1) is 0 Å². The number of aromatic nitrogens is 4. The first-order valence-electron chi connectivity index (χ1n) is 9.50. The molecular weight excluding hydrogens is 421 g/mol. The minimum atomic E-state index is -4.86. The van der Waals surface area contributed by atoms with Crippen molar-refractivity contribution in [1.82, 2.24) is 18.7 Å². The third kappa shape index (κ3) is 4.74. The lowest BCUT2D eigenvalue weighted by Gasteiger charge is -2.12. The number of ether oxygens (including phenoxy) is 2. The second-order valence-electron chi connectivity index (χ2n) is 6.72. The van der Waals surface area contributed by atoms with Crippen molar-refractivity contribution in [2.45, 2.75) is 39.2 Å². The maximum absolute atomic E-state index is 13.0. The molecule has 0 spiro atoms.